The fourth-order valence-electron chi connectivity index (χ4n) is 3.04. The van der Waals surface area contributed by atoms with Gasteiger partial charge in [-0.3, -0.25) is 14.6 Å². The minimum atomic E-state index is -0.480. The van der Waals surface area contributed by atoms with Crippen molar-refractivity contribution in [2.75, 3.05) is 12.9 Å². The van der Waals surface area contributed by atoms with Gasteiger partial charge in [-0.2, -0.15) is 0 Å². The predicted molar refractivity (Wildman–Crippen MR) is 106 cm³/mol. The SMILES string of the molecule is CCC1SCC(C(=O)NCc2cccnc2)N1C(=O)c1ccc(OC)cc1. The highest BCUT2D eigenvalue weighted by Crippen LogP contribution is 2.33. The number of amides is 2. The number of pyridine rings is 1. The zero-order valence-corrected chi connectivity index (χ0v) is 16.2. The number of thioether (sulfide) groups is 1. The molecule has 0 bridgehead atoms. The van der Waals surface area contributed by atoms with Crippen molar-refractivity contribution in [2.24, 2.45) is 0 Å². The molecule has 2 aromatic rings. The van der Waals surface area contributed by atoms with Gasteiger partial charge in [0.05, 0.1) is 12.5 Å². The molecule has 142 valence electrons. The smallest absolute Gasteiger partial charge is 0.255 e. The first-order valence-corrected chi connectivity index (χ1v) is 9.93. The predicted octanol–water partition coefficient (Wildman–Crippen LogP) is 2.70. The summed E-state index contributed by atoms with van der Waals surface area (Å²) in [6, 6.07) is 10.3. The summed E-state index contributed by atoms with van der Waals surface area (Å²) in [5.74, 6) is 1.03. The molecule has 0 spiro atoms. The second kappa shape index (κ2) is 8.90. The molecule has 0 aliphatic carbocycles. The van der Waals surface area contributed by atoms with E-state index in [1.165, 1.54) is 0 Å². The van der Waals surface area contributed by atoms with Crippen LogP contribution < -0.4 is 10.1 Å². The number of nitrogens with zero attached hydrogens (tertiary/aromatic N) is 2. The van der Waals surface area contributed by atoms with Crippen LogP contribution in [0.25, 0.3) is 0 Å². The third-order valence-corrected chi connectivity index (χ3v) is 5.96. The maximum atomic E-state index is 13.1. The molecule has 2 unspecified atom stereocenters. The Labute approximate surface area is 163 Å². The number of ether oxygens (including phenoxy) is 1. The maximum absolute atomic E-state index is 13.1. The number of hydrogen-bond acceptors (Lipinski definition) is 5. The summed E-state index contributed by atoms with van der Waals surface area (Å²) in [5.41, 5.74) is 1.48. The molecule has 2 amide bonds. The van der Waals surface area contributed by atoms with Gasteiger partial charge in [-0.05, 0) is 42.3 Å². The first-order valence-electron chi connectivity index (χ1n) is 8.89. The van der Waals surface area contributed by atoms with Crippen molar-refractivity contribution >= 4 is 23.6 Å². The number of carbonyl (C=O) groups excluding carboxylic acids is 2. The van der Waals surface area contributed by atoms with Gasteiger partial charge in [0.15, 0.2) is 0 Å². The van der Waals surface area contributed by atoms with Gasteiger partial charge in [0.1, 0.15) is 11.8 Å². The van der Waals surface area contributed by atoms with E-state index < -0.39 is 6.04 Å². The van der Waals surface area contributed by atoms with Crippen molar-refractivity contribution in [2.45, 2.75) is 31.3 Å². The summed E-state index contributed by atoms with van der Waals surface area (Å²) in [7, 11) is 1.59. The maximum Gasteiger partial charge on any atom is 0.255 e. The molecule has 7 heteroatoms. The van der Waals surface area contributed by atoms with Crippen LogP contribution in [0, 0.1) is 0 Å². The molecule has 6 nitrogen and oxygen atoms in total. The van der Waals surface area contributed by atoms with E-state index in [4.69, 9.17) is 4.74 Å². The first-order chi connectivity index (χ1) is 13.1. The fraction of sp³-hybridized carbons (Fsp3) is 0.350. The van der Waals surface area contributed by atoms with Crippen LogP contribution in [0.3, 0.4) is 0 Å². The highest BCUT2D eigenvalue weighted by atomic mass is 32.2. The summed E-state index contributed by atoms with van der Waals surface area (Å²) in [6.07, 6.45) is 4.21. The van der Waals surface area contributed by atoms with Crippen LogP contribution in [-0.2, 0) is 11.3 Å². The van der Waals surface area contributed by atoms with E-state index in [0.717, 1.165) is 12.0 Å². The van der Waals surface area contributed by atoms with E-state index >= 15 is 0 Å². The zero-order valence-electron chi connectivity index (χ0n) is 15.4. The molecule has 2 atom stereocenters. The highest BCUT2D eigenvalue weighted by molar-refractivity contribution is 8.00. The number of hydrogen-bond donors (Lipinski definition) is 1. The molecular weight excluding hydrogens is 362 g/mol. The van der Waals surface area contributed by atoms with Crippen LogP contribution in [-0.4, -0.2) is 46.0 Å². The van der Waals surface area contributed by atoms with E-state index in [2.05, 4.69) is 10.3 Å². The average Bonchev–Trinajstić information content (AvgIpc) is 3.16. The molecule has 3 rings (SSSR count). The van der Waals surface area contributed by atoms with Crippen LogP contribution in [0.2, 0.25) is 0 Å². The van der Waals surface area contributed by atoms with Gasteiger partial charge < -0.3 is 15.0 Å². The zero-order chi connectivity index (χ0) is 19.2. The Bertz CT molecular complexity index is 783. The second-order valence-corrected chi connectivity index (χ2v) is 7.44. The minimum absolute atomic E-state index is 0.00579. The van der Waals surface area contributed by atoms with Gasteiger partial charge in [0, 0.05) is 30.3 Å². The summed E-state index contributed by atoms with van der Waals surface area (Å²) in [6.45, 7) is 2.43. The van der Waals surface area contributed by atoms with E-state index in [1.54, 1.807) is 60.4 Å². The normalized spacial score (nSPS) is 19.0. The number of carbonyl (C=O) groups is 2. The molecule has 27 heavy (non-hydrogen) atoms. The van der Waals surface area contributed by atoms with Crippen molar-refractivity contribution in [1.82, 2.24) is 15.2 Å². The third kappa shape index (κ3) is 4.42. The number of methoxy groups -OCH3 is 1. The quantitative estimate of drug-likeness (QED) is 0.828. The van der Waals surface area contributed by atoms with Crippen LogP contribution in [0.5, 0.6) is 5.75 Å². The first kappa shape index (κ1) is 19.2. The summed E-state index contributed by atoms with van der Waals surface area (Å²) in [5, 5.41) is 2.93. The van der Waals surface area contributed by atoms with Gasteiger partial charge in [-0.1, -0.05) is 13.0 Å². The Morgan fingerprint density at radius 1 is 1.30 bits per heavy atom. The van der Waals surface area contributed by atoms with Gasteiger partial charge in [-0.15, -0.1) is 11.8 Å². The van der Waals surface area contributed by atoms with Crippen molar-refractivity contribution in [1.29, 1.82) is 0 Å². The van der Waals surface area contributed by atoms with Crippen LogP contribution >= 0.6 is 11.8 Å². The molecule has 1 fully saturated rings. The van der Waals surface area contributed by atoms with Crippen LogP contribution in [0.15, 0.2) is 48.8 Å². The van der Waals surface area contributed by atoms with Gasteiger partial charge in [-0.25, -0.2) is 0 Å². The highest BCUT2D eigenvalue weighted by Gasteiger charge is 2.40. The second-order valence-electron chi connectivity index (χ2n) is 6.23. The Morgan fingerprint density at radius 3 is 2.70 bits per heavy atom. The monoisotopic (exact) mass is 385 g/mol. The van der Waals surface area contributed by atoms with Gasteiger partial charge in [0.2, 0.25) is 5.91 Å². The summed E-state index contributed by atoms with van der Waals surface area (Å²) >= 11 is 1.65. The molecule has 1 N–H and O–H groups in total. The van der Waals surface area contributed by atoms with Crippen molar-refractivity contribution in [3.63, 3.8) is 0 Å². The molecule has 1 aliphatic rings. The van der Waals surface area contributed by atoms with Crippen molar-refractivity contribution in [3.05, 3.63) is 59.9 Å². The van der Waals surface area contributed by atoms with Gasteiger partial charge >= 0.3 is 0 Å². The number of nitrogens with one attached hydrogen (secondary N) is 1. The van der Waals surface area contributed by atoms with Crippen molar-refractivity contribution in [3.8, 4) is 5.75 Å². The van der Waals surface area contributed by atoms with Crippen LogP contribution in [0.4, 0.5) is 0 Å². The standard InChI is InChI=1S/C20H23N3O3S/c1-3-18-23(20(25)15-6-8-16(26-2)9-7-15)17(13-27-18)19(24)22-12-14-5-4-10-21-11-14/h4-11,17-18H,3,12-13H2,1-2H3,(H,22,24). The Balaban J connectivity index is 1.73. The Kier molecular flexibility index (Phi) is 6.34. The number of benzene rings is 1. The number of aromatic nitrogens is 1. The molecule has 1 aromatic heterocycles. The molecule has 1 saturated heterocycles. The molecular formula is C20H23N3O3S. The summed E-state index contributed by atoms with van der Waals surface area (Å²) in [4.78, 5) is 31.6. The topological polar surface area (TPSA) is 71.5 Å². The largest absolute Gasteiger partial charge is 0.497 e. The molecule has 0 saturated carbocycles. The lowest BCUT2D eigenvalue weighted by molar-refractivity contribution is -0.125. The molecule has 1 aliphatic heterocycles. The number of rotatable bonds is 6. The molecule has 0 radical (unpaired) electrons. The lowest BCUT2D eigenvalue weighted by Gasteiger charge is -2.28. The van der Waals surface area contributed by atoms with Crippen molar-refractivity contribution < 1.29 is 14.3 Å². The fourth-order valence-corrected chi connectivity index (χ4v) is 4.40. The van der Waals surface area contributed by atoms with E-state index in [1.807, 2.05) is 19.1 Å². The summed E-state index contributed by atoms with van der Waals surface area (Å²) < 4.78 is 5.15. The molecule has 1 aromatic carbocycles. The lowest BCUT2D eigenvalue weighted by Crippen LogP contribution is -2.49. The van der Waals surface area contributed by atoms with E-state index in [9.17, 15) is 9.59 Å². The lowest BCUT2D eigenvalue weighted by atomic mass is 10.1. The molecule has 2 heterocycles. The third-order valence-electron chi connectivity index (χ3n) is 4.51. The van der Waals surface area contributed by atoms with E-state index in [0.29, 0.717) is 23.6 Å². The Hall–Kier alpha value is -2.54. The van der Waals surface area contributed by atoms with Crippen LogP contribution in [0.1, 0.15) is 29.3 Å². The Morgan fingerprint density at radius 2 is 2.07 bits per heavy atom. The van der Waals surface area contributed by atoms with Gasteiger partial charge in [0.25, 0.3) is 5.91 Å². The average molecular weight is 385 g/mol. The van der Waals surface area contributed by atoms with E-state index in [-0.39, 0.29) is 17.2 Å². The minimum Gasteiger partial charge on any atom is -0.497 e.